The van der Waals surface area contributed by atoms with Gasteiger partial charge < -0.3 is 18.9 Å². The topological polar surface area (TPSA) is 36.9 Å². The molecule has 0 aliphatic carbocycles. The van der Waals surface area contributed by atoms with Crippen molar-refractivity contribution < 1.29 is 18.9 Å². The van der Waals surface area contributed by atoms with E-state index >= 15 is 0 Å². The van der Waals surface area contributed by atoms with Crippen LogP contribution in [0.15, 0.2) is 12.3 Å². The van der Waals surface area contributed by atoms with E-state index in [1.54, 1.807) is 27.6 Å². The highest BCUT2D eigenvalue weighted by molar-refractivity contribution is 4.85. The Hall–Kier alpha value is -0.580. The zero-order chi connectivity index (χ0) is 18.3. The SMILES string of the molecule is CC=COCCC[C@@](C)(CCCCCCCC)C(OC)(OC)OC. The molecule has 0 aliphatic heterocycles. The zero-order valence-electron chi connectivity index (χ0n) is 16.9. The van der Waals surface area contributed by atoms with Crippen molar-refractivity contribution in [1.29, 1.82) is 0 Å². The lowest BCUT2D eigenvalue weighted by atomic mass is 9.77. The molecular formula is C20H40O4. The molecule has 0 amide bonds. The van der Waals surface area contributed by atoms with Crippen molar-refractivity contribution >= 4 is 0 Å². The highest BCUT2D eigenvalue weighted by Gasteiger charge is 2.49. The predicted octanol–water partition coefficient (Wildman–Crippen LogP) is 5.67. The molecule has 0 rings (SSSR count). The van der Waals surface area contributed by atoms with Crippen LogP contribution in [-0.2, 0) is 18.9 Å². The number of rotatable bonds is 16. The fourth-order valence-electron chi connectivity index (χ4n) is 3.43. The maximum atomic E-state index is 5.68. The van der Waals surface area contributed by atoms with E-state index in [0.717, 1.165) is 25.7 Å². The van der Waals surface area contributed by atoms with Gasteiger partial charge in [-0.05, 0) is 26.2 Å². The summed E-state index contributed by atoms with van der Waals surface area (Å²) >= 11 is 0. The maximum absolute atomic E-state index is 5.68. The molecule has 24 heavy (non-hydrogen) atoms. The Kier molecular flexibility index (Phi) is 13.4. The summed E-state index contributed by atoms with van der Waals surface area (Å²) in [6.07, 6.45) is 14.2. The molecular weight excluding hydrogens is 304 g/mol. The van der Waals surface area contributed by atoms with Gasteiger partial charge in [-0.25, -0.2) is 0 Å². The Balaban J connectivity index is 4.68. The molecule has 0 radical (unpaired) electrons. The van der Waals surface area contributed by atoms with Crippen molar-refractivity contribution in [3.63, 3.8) is 0 Å². The predicted molar refractivity (Wildman–Crippen MR) is 99.9 cm³/mol. The molecule has 0 aromatic rings. The van der Waals surface area contributed by atoms with E-state index in [1.807, 2.05) is 13.0 Å². The maximum Gasteiger partial charge on any atom is 0.287 e. The Morgan fingerprint density at radius 1 is 0.792 bits per heavy atom. The summed E-state index contributed by atoms with van der Waals surface area (Å²) < 4.78 is 22.5. The van der Waals surface area contributed by atoms with Crippen LogP contribution in [-0.4, -0.2) is 33.9 Å². The fraction of sp³-hybridized carbons (Fsp3) is 0.900. The van der Waals surface area contributed by atoms with E-state index in [4.69, 9.17) is 18.9 Å². The van der Waals surface area contributed by atoms with Crippen LogP contribution in [0.5, 0.6) is 0 Å². The molecule has 144 valence electrons. The molecule has 0 spiro atoms. The van der Waals surface area contributed by atoms with E-state index in [0.29, 0.717) is 6.61 Å². The second kappa shape index (κ2) is 13.7. The first kappa shape index (κ1) is 23.4. The number of methoxy groups -OCH3 is 3. The lowest BCUT2D eigenvalue weighted by Gasteiger charge is -2.45. The van der Waals surface area contributed by atoms with Crippen molar-refractivity contribution in [3.8, 4) is 0 Å². The standard InChI is InChI=1S/C20H40O4/c1-7-9-10-11-12-13-15-19(3,16-14-18-24-17-8-2)20(21-4,22-5)23-6/h8,17H,7,9-16,18H2,1-6H3/t19-/m1/s1. The van der Waals surface area contributed by atoms with Crippen LogP contribution >= 0.6 is 0 Å². The molecule has 0 aromatic heterocycles. The van der Waals surface area contributed by atoms with Crippen LogP contribution in [0.4, 0.5) is 0 Å². The monoisotopic (exact) mass is 344 g/mol. The molecule has 4 nitrogen and oxygen atoms in total. The van der Waals surface area contributed by atoms with Crippen molar-refractivity contribution in [3.05, 3.63) is 12.3 Å². The minimum atomic E-state index is -1.00. The molecule has 0 aliphatic rings. The number of ether oxygens (including phenoxy) is 4. The second-order valence-corrected chi connectivity index (χ2v) is 6.69. The van der Waals surface area contributed by atoms with Crippen LogP contribution < -0.4 is 0 Å². The Morgan fingerprint density at radius 3 is 1.88 bits per heavy atom. The number of unbranched alkanes of at least 4 members (excludes halogenated alkanes) is 5. The third-order valence-corrected chi connectivity index (χ3v) is 4.85. The Bertz CT molecular complexity index is 304. The molecule has 0 aromatic carbocycles. The van der Waals surface area contributed by atoms with Crippen LogP contribution in [0, 0.1) is 5.41 Å². The van der Waals surface area contributed by atoms with Gasteiger partial charge in [0.1, 0.15) is 0 Å². The molecule has 1 atom stereocenters. The normalized spacial score (nSPS) is 14.9. The molecule has 0 unspecified atom stereocenters. The molecule has 0 bridgehead atoms. The minimum Gasteiger partial charge on any atom is -0.502 e. The number of allylic oxidation sites excluding steroid dienone is 1. The summed E-state index contributed by atoms with van der Waals surface area (Å²) in [6, 6.07) is 0. The van der Waals surface area contributed by atoms with E-state index < -0.39 is 5.97 Å². The molecule has 4 heteroatoms. The first-order valence-electron chi connectivity index (χ1n) is 9.44. The Labute approximate surface area is 149 Å². The average molecular weight is 345 g/mol. The quantitative estimate of drug-likeness (QED) is 0.205. The minimum absolute atomic E-state index is 0.213. The summed E-state index contributed by atoms with van der Waals surface area (Å²) in [5.41, 5.74) is -0.213. The van der Waals surface area contributed by atoms with E-state index in [1.165, 1.54) is 32.1 Å². The van der Waals surface area contributed by atoms with Crippen LogP contribution in [0.2, 0.25) is 0 Å². The summed E-state index contributed by atoms with van der Waals surface area (Å²) in [6.45, 7) is 7.10. The van der Waals surface area contributed by atoms with Crippen molar-refractivity contribution in [2.24, 2.45) is 5.41 Å². The molecule has 0 saturated carbocycles. The lowest BCUT2D eigenvalue weighted by Crippen LogP contribution is -2.51. The van der Waals surface area contributed by atoms with Crippen molar-refractivity contribution in [1.82, 2.24) is 0 Å². The van der Waals surface area contributed by atoms with Crippen molar-refractivity contribution in [2.45, 2.75) is 84.5 Å². The summed E-state index contributed by atoms with van der Waals surface area (Å²) in [4.78, 5) is 0. The van der Waals surface area contributed by atoms with Crippen LogP contribution in [0.3, 0.4) is 0 Å². The first-order valence-corrected chi connectivity index (χ1v) is 9.44. The van der Waals surface area contributed by atoms with Gasteiger partial charge in [-0.3, -0.25) is 0 Å². The number of hydrogen-bond acceptors (Lipinski definition) is 4. The van der Waals surface area contributed by atoms with Gasteiger partial charge in [0.2, 0.25) is 0 Å². The smallest absolute Gasteiger partial charge is 0.287 e. The molecule has 0 fully saturated rings. The third kappa shape index (κ3) is 7.54. The summed E-state index contributed by atoms with van der Waals surface area (Å²) in [7, 11) is 4.97. The van der Waals surface area contributed by atoms with Gasteiger partial charge in [0.15, 0.2) is 0 Å². The van der Waals surface area contributed by atoms with Crippen LogP contribution in [0.25, 0.3) is 0 Å². The van der Waals surface area contributed by atoms with Gasteiger partial charge in [0.25, 0.3) is 5.97 Å². The van der Waals surface area contributed by atoms with E-state index in [9.17, 15) is 0 Å². The molecule has 0 saturated heterocycles. The zero-order valence-corrected chi connectivity index (χ0v) is 16.9. The first-order chi connectivity index (χ1) is 11.6. The average Bonchev–Trinajstić information content (AvgIpc) is 2.60. The lowest BCUT2D eigenvalue weighted by molar-refractivity contribution is -0.406. The van der Waals surface area contributed by atoms with E-state index in [-0.39, 0.29) is 5.41 Å². The van der Waals surface area contributed by atoms with Gasteiger partial charge in [-0.2, -0.15) is 0 Å². The van der Waals surface area contributed by atoms with Gasteiger partial charge >= 0.3 is 0 Å². The summed E-state index contributed by atoms with van der Waals surface area (Å²) in [5.74, 6) is -1.00. The van der Waals surface area contributed by atoms with Gasteiger partial charge in [-0.1, -0.05) is 58.4 Å². The highest BCUT2D eigenvalue weighted by atomic mass is 16.9. The van der Waals surface area contributed by atoms with E-state index in [2.05, 4.69) is 13.8 Å². The third-order valence-electron chi connectivity index (χ3n) is 4.85. The van der Waals surface area contributed by atoms with Crippen molar-refractivity contribution in [2.75, 3.05) is 27.9 Å². The van der Waals surface area contributed by atoms with Gasteiger partial charge in [0, 0.05) is 26.7 Å². The molecule has 0 heterocycles. The largest absolute Gasteiger partial charge is 0.502 e. The van der Waals surface area contributed by atoms with Gasteiger partial charge in [0.05, 0.1) is 12.9 Å². The second-order valence-electron chi connectivity index (χ2n) is 6.69. The van der Waals surface area contributed by atoms with Gasteiger partial charge in [-0.15, -0.1) is 0 Å². The molecule has 0 N–H and O–H groups in total. The Morgan fingerprint density at radius 2 is 1.33 bits per heavy atom. The number of hydrogen-bond donors (Lipinski definition) is 0. The fourth-order valence-corrected chi connectivity index (χ4v) is 3.43. The highest BCUT2D eigenvalue weighted by Crippen LogP contribution is 2.44. The van der Waals surface area contributed by atoms with Crippen LogP contribution in [0.1, 0.15) is 78.6 Å². The summed E-state index contributed by atoms with van der Waals surface area (Å²) in [5, 5.41) is 0.